The van der Waals surface area contributed by atoms with E-state index < -0.39 is 0 Å². The first-order chi connectivity index (χ1) is 17.1. The Morgan fingerprint density at radius 3 is 2.66 bits per heavy atom. The number of nitrogen functional groups attached to an aromatic ring is 1. The molecule has 0 spiro atoms. The minimum absolute atomic E-state index is 0.308. The number of para-hydroxylation sites is 1. The highest BCUT2D eigenvalue weighted by atomic mass is 16.2. The van der Waals surface area contributed by atoms with E-state index in [1.165, 1.54) is 0 Å². The highest BCUT2D eigenvalue weighted by Gasteiger charge is 2.29. The van der Waals surface area contributed by atoms with E-state index in [1.807, 2.05) is 45.8 Å². The SMILES string of the molecule is Cc1ccccc1-n1nc(-c2ccc(N)nc2)c2c1-c1cc(C(=O)Nc3ccccn3)nn1CC2. The molecule has 0 saturated carbocycles. The number of carbonyl (C=O) groups is 1. The third-order valence-electron chi connectivity index (χ3n) is 6.12. The van der Waals surface area contributed by atoms with Crippen molar-refractivity contribution in [2.24, 2.45) is 0 Å². The van der Waals surface area contributed by atoms with Gasteiger partial charge in [-0.15, -0.1) is 0 Å². The molecule has 5 aromatic rings. The third-order valence-corrected chi connectivity index (χ3v) is 6.12. The number of pyridine rings is 2. The summed E-state index contributed by atoms with van der Waals surface area (Å²) in [5, 5.41) is 12.4. The van der Waals surface area contributed by atoms with Crippen molar-refractivity contribution in [3.05, 3.63) is 89.9 Å². The smallest absolute Gasteiger partial charge is 0.277 e. The van der Waals surface area contributed by atoms with Crippen LogP contribution < -0.4 is 11.1 Å². The largest absolute Gasteiger partial charge is 0.384 e. The molecule has 35 heavy (non-hydrogen) atoms. The van der Waals surface area contributed by atoms with Gasteiger partial charge in [-0.05, 0) is 55.3 Å². The summed E-state index contributed by atoms with van der Waals surface area (Å²) in [5.41, 5.74) is 12.8. The molecule has 0 fully saturated rings. The zero-order valence-corrected chi connectivity index (χ0v) is 19.0. The number of hydrogen-bond donors (Lipinski definition) is 2. The van der Waals surface area contributed by atoms with Crippen LogP contribution in [0.3, 0.4) is 0 Å². The molecule has 0 bridgehead atoms. The van der Waals surface area contributed by atoms with E-state index >= 15 is 0 Å². The van der Waals surface area contributed by atoms with Crippen LogP contribution in [0.4, 0.5) is 11.6 Å². The fourth-order valence-corrected chi connectivity index (χ4v) is 4.43. The maximum Gasteiger partial charge on any atom is 0.277 e. The standard InChI is InChI=1S/C26H22N8O/c1-16-6-2-3-7-20(16)34-25-18(24(32-34)17-9-10-22(27)29-15-17)11-13-33-21(25)14-19(31-33)26(35)30-23-8-4-5-12-28-23/h2-10,12,14-15H,11,13H2,1H3,(H2,27,29)(H,28,30,35). The Labute approximate surface area is 201 Å². The second-order valence-electron chi connectivity index (χ2n) is 8.40. The Kier molecular flexibility index (Phi) is 4.88. The summed E-state index contributed by atoms with van der Waals surface area (Å²) in [5.74, 6) is 0.631. The van der Waals surface area contributed by atoms with Gasteiger partial charge in [0.25, 0.3) is 5.91 Å². The molecular formula is C26H22N8O. The van der Waals surface area contributed by atoms with Gasteiger partial charge in [-0.1, -0.05) is 24.3 Å². The predicted molar refractivity (Wildman–Crippen MR) is 133 cm³/mol. The van der Waals surface area contributed by atoms with E-state index in [2.05, 4.69) is 33.4 Å². The van der Waals surface area contributed by atoms with E-state index in [9.17, 15) is 4.79 Å². The number of nitrogens with one attached hydrogen (secondary N) is 1. The number of carbonyl (C=O) groups excluding carboxylic acids is 1. The van der Waals surface area contributed by atoms with Crippen molar-refractivity contribution in [3.8, 4) is 28.3 Å². The van der Waals surface area contributed by atoms with Crippen LogP contribution in [-0.2, 0) is 13.0 Å². The van der Waals surface area contributed by atoms with Gasteiger partial charge in [0, 0.05) is 30.1 Å². The molecule has 0 radical (unpaired) electrons. The molecule has 3 N–H and O–H groups in total. The maximum atomic E-state index is 12.9. The number of benzene rings is 1. The van der Waals surface area contributed by atoms with E-state index in [0.29, 0.717) is 23.9 Å². The summed E-state index contributed by atoms with van der Waals surface area (Å²) >= 11 is 0. The molecule has 0 atom stereocenters. The summed E-state index contributed by atoms with van der Waals surface area (Å²) in [4.78, 5) is 21.4. The Balaban J connectivity index is 1.49. The number of anilines is 2. The van der Waals surface area contributed by atoms with Crippen molar-refractivity contribution in [3.63, 3.8) is 0 Å². The molecule has 6 rings (SSSR count). The van der Waals surface area contributed by atoms with Crippen molar-refractivity contribution in [1.29, 1.82) is 0 Å². The highest BCUT2D eigenvalue weighted by molar-refractivity contribution is 6.03. The number of nitrogens with two attached hydrogens (primary N) is 1. The minimum atomic E-state index is -0.308. The molecule has 172 valence electrons. The van der Waals surface area contributed by atoms with E-state index in [4.69, 9.17) is 10.8 Å². The molecule has 4 aromatic heterocycles. The van der Waals surface area contributed by atoms with Gasteiger partial charge in [0.2, 0.25) is 0 Å². The zero-order valence-electron chi connectivity index (χ0n) is 19.0. The summed E-state index contributed by atoms with van der Waals surface area (Å²) in [6.45, 7) is 2.69. The van der Waals surface area contributed by atoms with Gasteiger partial charge < -0.3 is 11.1 Å². The lowest BCUT2D eigenvalue weighted by molar-refractivity contribution is 0.102. The number of hydrogen-bond acceptors (Lipinski definition) is 6. The second kappa shape index (κ2) is 8.21. The summed E-state index contributed by atoms with van der Waals surface area (Å²) in [6.07, 6.45) is 4.10. The first kappa shape index (κ1) is 20.8. The van der Waals surface area contributed by atoms with Crippen molar-refractivity contribution in [2.45, 2.75) is 19.9 Å². The van der Waals surface area contributed by atoms with Crippen LogP contribution in [0, 0.1) is 6.92 Å². The number of aryl methyl sites for hydroxylation is 2. The molecule has 9 nitrogen and oxygen atoms in total. The molecule has 1 aliphatic heterocycles. The monoisotopic (exact) mass is 462 g/mol. The molecule has 1 amide bonds. The average molecular weight is 463 g/mol. The van der Waals surface area contributed by atoms with E-state index in [1.54, 1.807) is 30.6 Å². The van der Waals surface area contributed by atoms with E-state index in [-0.39, 0.29) is 5.91 Å². The lowest BCUT2D eigenvalue weighted by Gasteiger charge is -2.17. The van der Waals surface area contributed by atoms with Crippen molar-refractivity contribution >= 4 is 17.5 Å². The quantitative estimate of drug-likeness (QED) is 0.419. The maximum absolute atomic E-state index is 12.9. The summed E-state index contributed by atoms with van der Waals surface area (Å²) < 4.78 is 3.82. The van der Waals surface area contributed by atoms with Gasteiger partial charge in [-0.2, -0.15) is 10.2 Å². The van der Waals surface area contributed by atoms with Crippen LogP contribution in [0.1, 0.15) is 21.6 Å². The molecule has 0 aliphatic carbocycles. The molecule has 1 aliphatic rings. The topological polar surface area (TPSA) is 117 Å². The Bertz CT molecular complexity index is 1550. The van der Waals surface area contributed by atoms with Crippen molar-refractivity contribution in [2.75, 3.05) is 11.1 Å². The van der Waals surface area contributed by atoms with Crippen LogP contribution in [0.5, 0.6) is 0 Å². The fraction of sp³-hybridized carbons (Fsp3) is 0.115. The Morgan fingerprint density at radius 1 is 1.03 bits per heavy atom. The summed E-state index contributed by atoms with van der Waals surface area (Å²) in [7, 11) is 0. The molecule has 0 saturated heterocycles. The lowest BCUT2D eigenvalue weighted by Crippen LogP contribution is -2.16. The van der Waals surface area contributed by atoms with E-state index in [0.717, 1.165) is 45.9 Å². The number of fused-ring (bicyclic) bond motifs is 3. The normalized spacial score (nSPS) is 12.1. The van der Waals surface area contributed by atoms with Crippen molar-refractivity contribution < 1.29 is 4.79 Å². The van der Waals surface area contributed by atoms with Crippen LogP contribution in [0.2, 0.25) is 0 Å². The van der Waals surface area contributed by atoms with Crippen LogP contribution in [-0.4, -0.2) is 35.4 Å². The van der Waals surface area contributed by atoms with Crippen molar-refractivity contribution in [1.82, 2.24) is 29.5 Å². The zero-order chi connectivity index (χ0) is 23.9. The average Bonchev–Trinajstić information content (AvgIpc) is 3.47. The highest BCUT2D eigenvalue weighted by Crippen LogP contribution is 2.38. The second-order valence-corrected chi connectivity index (χ2v) is 8.40. The lowest BCUT2D eigenvalue weighted by atomic mass is 10.00. The fourth-order valence-electron chi connectivity index (χ4n) is 4.43. The van der Waals surface area contributed by atoms with Gasteiger partial charge in [0.1, 0.15) is 11.6 Å². The first-order valence-electron chi connectivity index (χ1n) is 11.3. The van der Waals surface area contributed by atoms with Gasteiger partial charge in [0.15, 0.2) is 5.69 Å². The molecule has 1 aromatic carbocycles. The molecular weight excluding hydrogens is 440 g/mol. The molecule has 5 heterocycles. The summed E-state index contributed by atoms with van der Waals surface area (Å²) in [6, 6.07) is 19.0. The van der Waals surface area contributed by atoms with Crippen LogP contribution >= 0.6 is 0 Å². The first-order valence-corrected chi connectivity index (χ1v) is 11.3. The van der Waals surface area contributed by atoms with Gasteiger partial charge in [0.05, 0.1) is 22.8 Å². The van der Waals surface area contributed by atoms with Gasteiger partial charge in [-0.25, -0.2) is 14.6 Å². The van der Waals surface area contributed by atoms with Crippen LogP contribution in [0.25, 0.3) is 28.3 Å². The number of aromatic nitrogens is 6. The molecule has 9 heteroatoms. The number of amides is 1. The Hall–Kier alpha value is -4.79. The van der Waals surface area contributed by atoms with Gasteiger partial charge >= 0.3 is 0 Å². The molecule has 0 unspecified atom stereocenters. The minimum Gasteiger partial charge on any atom is -0.384 e. The predicted octanol–water partition coefficient (Wildman–Crippen LogP) is 3.89. The number of nitrogens with zero attached hydrogens (tertiary/aromatic N) is 6. The Morgan fingerprint density at radius 2 is 1.89 bits per heavy atom. The van der Waals surface area contributed by atoms with Gasteiger partial charge in [-0.3, -0.25) is 9.48 Å². The van der Waals surface area contributed by atoms with Crippen LogP contribution in [0.15, 0.2) is 73.1 Å². The number of rotatable bonds is 4. The third kappa shape index (κ3) is 3.63.